The quantitative estimate of drug-likeness (QED) is 0.172. The predicted molar refractivity (Wildman–Crippen MR) is 151 cm³/mol. The van der Waals surface area contributed by atoms with Crippen molar-refractivity contribution in [2.45, 2.75) is 25.2 Å². The van der Waals surface area contributed by atoms with Crippen molar-refractivity contribution in [1.82, 2.24) is 9.88 Å². The molecule has 1 amide bonds. The van der Waals surface area contributed by atoms with Crippen LogP contribution in [0.2, 0.25) is 5.02 Å². The first kappa shape index (κ1) is 31.0. The Kier molecular flexibility index (Phi) is 9.99. The lowest BCUT2D eigenvalue weighted by Gasteiger charge is -2.19. The maximum Gasteiger partial charge on any atom is 0.491 e. The van der Waals surface area contributed by atoms with E-state index >= 15 is 0 Å². The number of rotatable bonds is 10. The lowest BCUT2D eigenvalue weighted by atomic mass is 9.98. The second-order valence-corrected chi connectivity index (χ2v) is 9.71. The van der Waals surface area contributed by atoms with Gasteiger partial charge in [0.25, 0.3) is 5.91 Å². The zero-order chi connectivity index (χ0) is 31.0. The normalized spacial score (nSPS) is 11.8. The fourth-order valence-corrected chi connectivity index (χ4v) is 4.20. The third-order valence-electron chi connectivity index (χ3n) is 6.24. The second-order valence-electron chi connectivity index (χ2n) is 9.27. The molecule has 0 saturated carbocycles. The highest BCUT2D eigenvalue weighted by Crippen LogP contribution is 2.26. The van der Waals surface area contributed by atoms with Crippen LogP contribution in [0.1, 0.15) is 28.4 Å². The maximum atomic E-state index is 13.2. The summed E-state index contributed by atoms with van der Waals surface area (Å²) in [7, 11) is 0. The molecule has 0 radical (unpaired) electrons. The van der Waals surface area contributed by atoms with E-state index in [1.165, 1.54) is 12.1 Å². The van der Waals surface area contributed by atoms with Gasteiger partial charge < -0.3 is 19.4 Å². The van der Waals surface area contributed by atoms with E-state index in [1.54, 1.807) is 89.6 Å². The molecule has 4 aromatic rings. The molecule has 12 heteroatoms. The van der Waals surface area contributed by atoms with E-state index in [4.69, 9.17) is 21.7 Å². The molecular weight excluding hydrogens is 587 g/mol. The number of carbonyl (C=O) groups is 3. The van der Waals surface area contributed by atoms with Gasteiger partial charge in [0.05, 0.1) is 19.0 Å². The molecule has 8 nitrogen and oxygen atoms in total. The number of alkyl halides is 3. The van der Waals surface area contributed by atoms with E-state index in [9.17, 15) is 27.6 Å². The molecule has 1 atom stereocenters. The van der Waals surface area contributed by atoms with Gasteiger partial charge in [0.2, 0.25) is 0 Å². The monoisotopic (exact) mass is 611 g/mol. The summed E-state index contributed by atoms with van der Waals surface area (Å²) < 4.78 is 49.3. The minimum atomic E-state index is -5.35. The van der Waals surface area contributed by atoms with E-state index in [2.05, 4.69) is 10.1 Å². The first-order valence-electron chi connectivity index (χ1n) is 12.9. The number of halogens is 4. The summed E-state index contributed by atoms with van der Waals surface area (Å²) >= 11 is 5.95. The first-order chi connectivity index (χ1) is 20.5. The van der Waals surface area contributed by atoms with Crippen LogP contribution in [0.3, 0.4) is 0 Å². The number of amides is 1. The average Bonchev–Trinajstić information content (AvgIpc) is 2.98. The van der Waals surface area contributed by atoms with Gasteiger partial charge in [-0.2, -0.15) is 13.2 Å². The molecule has 1 unspecified atom stereocenters. The molecule has 4 rings (SSSR count). The predicted octanol–water partition coefficient (Wildman–Crippen LogP) is 5.86. The highest BCUT2D eigenvalue weighted by atomic mass is 35.5. The van der Waals surface area contributed by atoms with Gasteiger partial charge in [-0.05, 0) is 59.2 Å². The summed E-state index contributed by atoms with van der Waals surface area (Å²) in [5.41, 5.74) is 2.49. The van der Waals surface area contributed by atoms with Gasteiger partial charge in [-0.25, -0.2) is 4.79 Å². The molecule has 0 aliphatic carbocycles. The van der Waals surface area contributed by atoms with Crippen molar-refractivity contribution in [3.63, 3.8) is 0 Å². The van der Waals surface area contributed by atoms with Crippen LogP contribution >= 0.6 is 11.6 Å². The Morgan fingerprint density at radius 2 is 1.58 bits per heavy atom. The third-order valence-corrected chi connectivity index (χ3v) is 6.49. The molecule has 1 aromatic heterocycles. The Labute approximate surface area is 249 Å². The Morgan fingerprint density at radius 3 is 2.23 bits per heavy atom. The third kappa shape index (κ3) is 8.79. The van der Waals surface area contributed by atoms with Crippen molar-refractivity contribution >= 4 is 29.4 Å². The number of nitrogens with zero attached hydrogens (tertiary/aromatic N) is 1. The molecule has 0 saturated heterocycles. The van der Waals surface area contributed by atoms with Crippen LogP contribution in [0.25, 0.3) is 11.1 Å². The van der Waals surface area contributed by atoms with Gasteiger partial charge in [0.15, 0.2) is 0 Å². The van der Waals surface area contributed by atoms with Gasteiger partial charge in [-0.3, -0.25) is 15.0 Å². The Balaban J connectivity index is 1.49. The summed E-state index contributed by atoms with van der Waals surface area (Å²) in [6.45, 7) is 0.607. The molecule has 3 aromatic carbocycles. The number of benzene rings is 3. The van der Waals surface area contributed by atoms with Crippen molar-refractivity contribution in [2.24, 2.45) is 0 Å². The van der Waals surface area contributed by atoms with Gasteiger partial charge in [0.1, 0.15) is 17.8 Å². The molecular formula is C31H25ClF3N3O5. The Bertz CT molecular complexity index is 1660. The van der Waals surface area contributed by atoms with Crippen LogP contribution in [-0.2, 0) is 20.9 Å². The molecule has 0 spiro atoms. The van der Waals surface area contributed by atoms with Gasteiger partial charge >= 0.3 is 18.1 Å². The van der Waals surface area contributed by atoms with Crippen LogP contribution < -0.4 is 15.5 Å². The number of nitrogens with one attached hydrogen (secondary N) is 2. The molecule has 0 aliphatic heterocycles. The van der Waals surface area contributed by atoms with Crippen LogP contribution in [0.5, 0.6) is 5.75 Å². The lowest BCUT2D eigenvalue weighted by molar-refractivity contribution is -0.202. The summed E-state index contributed by atoms with van der Waals surface area (Å²) in [5.74, 6) is -4.37. The van der Waals surface area contributed by atoms with Gasteiger partial charge in [-0.1, -0.05) is 60.1 Å². The molecule has 0 bridgehead atoms. The number of pyridine rings is 1. The topological polar surface area (TPSA) is 110 Å². The molecule has 43 heavy (non-hydrogen) atoms. The van der Waals surface area contributed by atoms with Gasteiger partial charge in [0, 0.05) is 16.8 Å². The van der Waals surface area contributed by atoms with Crippen LogP contribution in [0.4, 0.5) is 13.2 Å². The van der Waals surface area contributed by atoms with Crippen molar-refractivity contribution in [1.29, 1.82) is 5.41 Å². The zero-order valence-electron chi connectivity index (χ0n) is 22.4. The molecule has 0 aliphatic rings. The van der Waals surface area contributed by atoms with Crippen molar-refractivity contribution < 1.29 is 37.0 Å². The van der Waals surface area contributed by atoms with Gasteiger partial charge in [-0.15, -0.1) is 0 Å². The number of carbonyl (C=O) groups excluding carboxylic acids is 3. The lowest BCUT2D eigenvalue weighted by Crippen LogP contribution is -2.33. The smallest absolute Gasteiger partial charge is 0.491 e. The average molecular weight is 612 g/mol. The number of hydrogen-bond acceptors (Lipinski definition) is 6. The number of ether oxygens (including phenoxy) is 2. The van der Waals surface area contributed by atoms with Crippen LogP contribution in [0, 0.1) is 5.41 Å². The van der Waals surface area contributed by atoms with Crippen LogP contribution in [-0.4, -0.2) is 35.2 Å². The van der Waals surface area contributed by atoms with E-state index < -0.39 is 36.5 Å². The first-order valence-corrected chi connectivity index (χ1v) is 13.3. The summed E-state index contributed by atoms with van der Waals surface area (Å²) in [5, 5.41) is 11.1. The maximum absolute atomic E-state index is 13.2. The van der Waals surface area contributed by atoms with E-state index in [1.807, 2.05) is 0 Å². The Morgan fingerprint density at radius 1 is 0.907 bits per heavy atom. The molecule has 222 valence electrons. The fraction of sp³-hybridized carbons (Fsp3) is 0.161. The minimum Gasteiger partial charge on any atom is -0.492 e. The Hall–Kier alpha value is -4.90. The SMILES string of the molecule is N=c1ccccn1CCOc1cccc(C(=O)NC(CC(=O)OC(=O)C(F)(F)F)c2ccc(-c3ccc(Cl)cc3)cc2)c1. The van der Waals surface area contributed by atoms with Crippen molar-refractivity contribution in [3.8, 4) is 16.9 Å². The van der Waals surface area contributed by atoms with E-state index in [0.29, 0.717) is 28.4 Å². The van der Waals surface area contributed by atoms with Crippen molar-refractivity contribution in [3.05, 3.63) is 119 Å². The highest BCUT2D eigenvalue weighted by Gasteiger charge is 2.42. The summed E-state index contributed by atoms with van der Waals surface area (Å²) in [4.78, 5) is 36.7. The fourth-order valence-electron chi connectivity index (χ4n) is 4.07. The second kappa shape index (κ2) is 13.8. The zero-order valence-corrected chi connectivity index (χ0v) is 23.2. The van der Waals surface area contributed by atoms with Crippen molar-refractivity contribution in [2.75, 3.05) is 6.61 Å². The highest BCUT2D eigenvalue weighted by molar-refractivity contribution is 6.30. The van der Waals surface area contributed by atoms with E-state index in [-0.39, 0.29) is 12.2 Å². The molecule has 2 N–H and O–H groups in total. The molecule has 0 fully saturated rings. The summed E-state index contributed by atoms with van der Waals surface area (Å²) in [6, 6.07) is 23.9. The van der Waals surface area contributed by atoms with Crippen LogP contribution in [0.15, 0.2) is 97.2 Å². The van der Waals surface area contributed by atoms with E-state index in [0.717, 1.165) is 11.1 Å². The molecule has 1 heterocycles. The standard InChI is InChI=1S/C31H25ClF3N3O5/c32-24-13-11-21(12-14-24)20-7-9-22(10-8-20)26(19-28(39)43-30(41)31(33,34)35)37-29(40)23-4-3-5-25(18-23)42-17-16-38-15-2-1-6-27(38)36/h1-15,18,26,36H,16-17,19H2,(H,37,40). The largest absolute Gasteiger partial charge is 0.492 e. The number of esters is 2. The minimum absolute atomic E-state index is 0.161. The summed E-state index contributed by atoms with van der Waals surface area (Å²) in [6.07, 6.45) is -4.35. The number of hydrogen-bond donors (Lipinski definition) is 2. The number of aromatic nitrogens is 1.